The fourth-order valence-corrected chi connectivity index (χ4v) is 2.84. The minimum atomic E-state index is -0.208. The minimum absolute atomic E-state index is 0.208. The summed E-state index contributed by atoms with van der Waals surface area (Å²) >= 11 is 5.72. The Balaban J connectivity index is 1.75. The number of halogens is 1. The van der Waals surface area contributed by atoms with Crippen LogP contribution in [-0.4, -0.2) is 20.7 Å². The van der Waals surface area contributed by atoms with Crippen molar-refractivity contribution in [1.29, 1.82) is 0 Å². The third-order valence-electron chi connectivity index (χ3n) is 3.90. The van der Waals surface area contributed by atoms with E-state index in [1.165, 1.54) is 31.9 Å². The second-order valence-corrected chi connectivity index (χ2v) is 5.77. The molecule has 0 unspecified atom stereocenters. The molecule has 5 nitrogen and oxygen atoms in total. The van der Waals surface area contributed by atoms with Crippen LogP contribution in [0.15, 0.2) is 24.4 Å². The predicted octanol–water partition coefficient (Wildman–Crippen LogP) is 3.38. The Morgan fingerprint density at radius 1 is 1.38 bits per heavy atom. The van der Waals surface area contributed by atoms with E-state index in [1.807, 2.05) is 13.1 Å². The molecule has 6 heteroatoms. The van der Waals surface area contributed by atoms with Gasteiger partial charge in [0.25, 0.3) is 5.91 Å². The number of rotatable bonds is 3. The fourth-order valence-electron chi connectivity index (χ4n) is 2.73. The molecule has 3 rings (SSSR count). The van der Waals surface area contributed by atoms with Crippen LogP contribution in [-0.2, 0) is 7.05 Å². The minimum Gasteiger partial charge on any atom is -0.307 e. The van der Waals surface area contributed by atoms with Gasteiger partial charge in [0.05, 0.1) is 11.3 Å². The molecule has 1 saturated carbocycles. The molecule has 21 heavy (non-hydrogen) atoms. The maximum atomic E-state index is 12.2. The summed E-state index contributed by atoms with van der Waals surface area (Å²) in [4.78, 5) is 16.1. The first-order valence-electron chi connectivity index (χ1n) is 7.10. The molecule has 0 radical (unpaired) electrons. The van der Waals surface area contributed by atoms with Gasteiger partial charge in [0.1, 0.15) is 11.0 Å². The second kappa shape index (κ2) is 5.85. The van der Waals surface area contributed by atoms with Crippen LogP contribution in [0.4, 0.5) is 5.82 Å². The van der Waals surface area contributed by atoms with Gasteiger partial charge >= 0.3 is 0 Å². The predicted molar refractivity (Wildman–Crippen MR) is 81.6 cm³/mol. The van der Waals surface area contributed by atoms with Crippen LogP contribution < -0.4 is 5.32 Å². The van der Waals surface area contributed by atoms with E-state index in [-0.39, 0.29) is 5.91 Å². The second-order valence-electron chi connectivity index (χ2n) is 5.38. The first kappa shape index (κ1) is 14.1. The number of amides is 1. The van der Waals surface area contributed by atoms with E-state index >= 15 is 0 Å². The summed E-state index contributed by atoms with van der Waals surface area (Å²) < 4.78 is 1.72. The van der Waals surface area contributed by atoms with Crippen molar-refractivity contribution in [2.75, 3.05) is 5.32 Å². The maximum absolute atomic E-state index is 12.2. The van der Waals surface area contributed by atoms with Gasteiger partial charge in [0.15, 0.2) is 0 Å². The highest BCUT2D eigenvalue weighted by Gasteiger charge is 2.21. The Kier molecular flexibility index (Phi) is 3.92. The average Bonchev–Trinajstić information content (AvgIpc) is 3.10. The van der Waals surface area contributed by atoms with Gasteiger partial charge in [-0.15, -0.1) is 0 Å². The third-order valence-corrected chi connectivity index (χ3v) is 4.13. The van der Waals surface area contributed by atoms with Gasteiger partial charge in [0.2, 0.25) is 0 Å². The normalized spacial score (nSPS) is 15.3. The highest BCUT2D eigenvalue weighted by atomic mass is 35.5. The summed E-state index contributed by atoms with van der Waals surface area (Å²) in [5.41, 5.74) is 1.54. The lowest BCUT2D eigenvalue weighted by atomic mass is 10.0. The molecule has 0 saturated heterocycles. The zero-order chi connectivity index (χ0) is 14.8. The van der Waals surface area contributed by atoms with Crippen LogP contribution in [0.2, 0.25) is 5.15 Å². The Labute approximate surface area is 128 Å². The number of carbonyl (C=O) groups excluding carboxylic acids is 1. The molecule has 1 fully saturated rings. The summed E-state index contributed by atoms with van der Waals surface area (Å²) in [5, 5.41) is 7.76. The SMILES string of the molecule is Cn1nc(C2CCCC2)cc1NC(=O)c1ccc(Cl)nc1. The number of anilines is 1. The zero-order valence-corrected chi connectivity index (χ0v) is 12.6. The number of nitrogens with one attached hydrogen (secondary N) is 1. The van der Waals surface area contributed by atoms with Crippen LogP contribution in [0.5, 0.6) is 0 Å². The molecule has 0 atom stereocenters. The van der Waals surface area contributed by atoms with Crippen LogP contribution in [0, 0.1) is 0 Å². The lowest BCUT2D eigenvalue weighted by Gasteiger charge is -2.04. The quantitative estimate of drug-likeness (QED) is 0.884. The van der Waals surface area contributed by atoms with Crippen LogP contribution in [0.3, 0.4) is 0 Å². The van der Waals surface area contributed by atoms with E-state index in [2.05, 4.69) is 15.4 Å². The summed E-state index contributed by atoms with van der Waals surface area (Å²) in [6.45, 7) is 0. The number of aryl methyl sites for hydroxylation is 1. The molecule has 1 aliphatic carbocycles. The lowest BCUT2D eigenvalue weighted by Crippen LogP contribution is -2.14. The van der Waals surface area contributed by atoms with E-state index in [0.717, 1.165) is 5.69 Å². The van der Waals surface area contributed by atoms with Gasteiger partial charge < -0.3 is 5.32 Å². The van der Waals surface area contributed by atoms with Crippen molar-refractivity contribution in [3.63, 3.8) is 0 Å². The zero-order valence-electron chi connectivity index (χ0n) is 11.8. The van der Waals surface area contributed by atoms with Gasteiger partial charge in [-0.3, -0.25) is 9.48 Å². The Bertz CT molecular complexity index is 644. The molecule has 0 aromatic carbocycles. The first-order chi connectivity index (χ1) is 10.1. The standard InChI is InChI=1S/C15H17ClN4O/c1-20-14(8-12(19-20)10-4-2-3-5-10)18-15(21)11-6-7-13(16)17-9-11/h6-10H,2-5H2,1H3,(H,18,21). The van der Waals surface area contributed by atoms with Crippen molar-refractivity contribution in [3.8, 4) is 0 Å². The fraction of sp³-hybridized carbons (Fsp3) is 0.400. The smallest absolute Gasteiger partial charge is 0.258 e. The maximum Gasteiger partial charge on any atom is 0.258 e. The monoisotopic (exact) mass is 304 g/mol. The van der Waals surface area contributed by atoms with Gasteiger partial charge in [0, 0.05) is 25.2 Å². The topological polar surface area (TPSA) is 59.8 Å². The average molecular weight is 305 g/mol. The van der Waals surface area contributed by atoms with Crippen molar-refractivity contribution in [3.05, 3.63) is 40.8 Å². The van der Waals surface area contributed by atoms with E-state index in [1.54, 1.807) is 16.8 Å². The van der Waals surface area contributed by atoms with E-state index in [9.17, 15) is 4.79 Å². The number of nitrogens with zero attached hydrogens (tertiary/aromatic N) is 3. The van der Waals surface area contributed by atoms with Gasteiger partial charge in [-0.05, 0) is 25.0 Å². The van der Waals surface area contributed by atoms with Crippen LogP contribution in [0.1, 0.15) is 47.7 Å². The molecular weight excluding hydrogens is 288 g/mol. The summed E-state index contributed by atoms with van der Waals surface area (Å²) in [7, 11) is 1.84. The van der Waals surface area contributed by atoms with Crippen molar-refractivity contribution in [2.24, 2.45) is 7.05 Å². The van der Waals surface area contributed by atoms with E-state index < -0.39 is 0 Å². The molecule has 0 bridgehead atoms. The number of aromatic nitrogens is 3. The van der Waals surface area contributed by atoms with E-state index in [0.29, 0.717) is 22.5 Å². The number of hydrogen-bond acceptors (Lipinski definition) is 3. The Morgan fingerprint density at radius 3 is 2.81 bits per heavy atom. The molecule has 0 spiro atoms. The molecule has 110 valence electrons. The summed E-state index contributed by atoms with van der Waals surface area (Å²) in [6, 6.07) is 5.22. The third kappa shape index (κ3) is 3.08. The van der Waals surface area contributed by atoms with Crippen molar-refractivity contribution in [2.45, 2.75) is 31.6 Å². The highest BCUT2D eigenvalue weighted by Crippen LogP contribution is 2.34. The number of pyridine rings is 1. The lowest BCUT2D eigenvalue weighted by molar-refractivity contribution is 0.102. The van der Waals surface area contributed by atoms with E-state index in [4.69, 9.17) is 11.6 Å². The number of carbonyl (C=O) groups is 1. The van der Waals surface area contributed by atoms with Crippen molar-refractivity contribution >= 4 is 23.3 Å². The van der Waals surface area contributed by atoms with Crippen molar-refractivity contribution in [1.82, 2.24) is 14.8 Å². The van der Waals surface area contributed by atoms with Gasteiger partial charge in [-0.1, -0.05) is 24.4 Å². The summed E-state index contributed by atoms with van der Waals surface area (Å²) in [6.07, 6.45) is 6.36. The number of hydrogen-bond donors (Lipinski definition) is 1. The molecule has 0 aliphatic heterocycles. The highest BCUT2D eigenvalue weighted by molar-refractivity contribution is 6.29. The van der Waals surface area contributed by atoms with Crippen LogP contribution in [0.25, 0.3) is 0 Å². The molecular formula is C15H17ClN4O. The van der Waals surface area contributed by atoms with Gasteiger partial charge in [-0.25, -0.2) is 4.98 Å². The van der Waals surface area contributed by atoms with Crippen LogP contribution >= 0.6 is 11.6 Å². The first-order valence-corrected chi connectivity index (χ1v) is 7.48. The molecule has 2 heterocycles. The molecule has 2 aromatic rings. The largest absolute Gasteiger partial charge is 0.307 e. The summed E-state index contributed by atoms with van der Waals surface area (Å²) in [5.74, 6) is 1.02. The van der Waals surface area contributed by atoms with Crippen molar-refractivity contribution < 1.29 is 4.79 Å². The Morgan fingerprint density at radius 2 is 2.14 bits per heavy atom. The van der Waals surface area contributed by atoms with Gasteiger partial charge in [-0.2, -0.15) is 5.10 Å². The molecule has 1 amide bonds. The molecule has 1 N–H and O–H groups in total. The Hall–Kier alpha value is -1.88. The molecule has 2 aromatic heterocycles. The molecule has 1 aliphatic rings.